The molecule has 1 aromatic heterocycles. The average Bonchev–Trinajstić information content (AvgIpc) is 2.24. The van der Waals surface area contributed by atoms with Gasteiger partial charge in [0, 0.05) is 10.5 Å². The van der Waals surface area contributed by atoms with E-state index < -0.39 is 0 Å². The first-order valence-corrected chi connectivity index (χ1v) is 6.65. The predicted octanol–water partition coefficient (Wildman–Crippen LogP) is 5.04. The van der Waals surface area contributed by atoms with Crippen LogP contribution in [-0.2, 0) is 0 Å². The van der Waals surface area contributed by atoms with E-state index in [4.69, 9.17) is 51.1 Å². The Hall–Kier alpha value is -0.330. The summed E-state index contributed by atoms with van der Waals surface area (Å²) in [6.45, 7) is 0. The minimum absolute atomic E-state index is 0.0692. The van der Waals surface area contributed by atoms with E-state index in [1.54, 1.807) is 6.07 Å². The van der Waals surface area contributed by atoms with Crippen LogP contribution in [0.5, 0.6) is 11.8 Å². The van der Waals surface area contributed by atoms with Crippen molar-refractivity contribution in [1.29, 1.82) is 0 Å². The highest BCUT2D eigenvalue weighted by molar-refractivity contribution is 9.10. The van der Waals surface area contributed by atoms with Crippen LogP contribution in [0, 0.1) is 0 Å². The van der Waals surface area contributed by atoms with E-state index >= 15 is 0 Å². The first-order chi connectivity index (χ1) is 8.45. The topological polar surface area (TPSA) is 47.9 Å². The summed E-state index contributed by atoms with van der Waals surface area (Å²) in [5, 5.41) is 0.605. The molecule has 18 heavy (non-hydrogen) atoms. The largest absolute Gasteiger partial charge is 0.423 e. The number of rotatable bonds is 2. The van der Waals surface area contributed by atoms with Crippen molar-refractivity contribution in [2.24, 2.45) is 0 Å². The van der Waals surface area contributed by atoms with E-state index in [0.717, 1.165) is 0 Å². The van der Waals surface area contributed by atoms with Crippen LogP contribution in [0.3, 0.4) is 0 Å². The van der Waals surface area contributed by atoms with E-state index in [1.165, 1.54) is 6.07 Å². The number of hydrogen-bond donors (Lipinski definition) is 0. The summed E-state index contributed by atoms with van der Waals surface area (Å²) in [5.41, 5.74) is 0. The van der Waals surface area contributed by atoms with Gasteiger partial charge in [0.15, 0.2) is 5.75 Å². The summed E-state index contributed by atoms with van der Waals surface area (Å²) in [7, 11) is 0. The molecule has 0 bridgehead atoms. The Morgan fingerprint density at radius 1 is 0.889 bits per heavy atom. The molecule has 0 aliphatic carbocycles. The molecule has 2 rings (SSSR count). The maximum atomic E-state index is 5.98. The number of ether oxygens (including phenoxy) is 1. The molecule has 0 aliphatic rings. The molecule has 94 valence electrons. The molecule has 4 nitrogen and oxygen atoms in total. The number of aromatic nitrogens is 3. The van der Waals surface area contributed by atoms with Crippen LogP contribution < -0.4 is 4.74 Å². The molecular formula is C9H2BrCl4N3O. The third kappa shape index (κ3) is 3.36. The molecule has 0 saturated carbocycles. The number of benzene rings is 1. The van der Waals surface area contributed by atoms with Gasteiger partial charge in [-0.3, -0.25) is 0 Å². The van der Waals surface area contributed by atoms with Crippen molar-refractivity contribution in [3.8, 4) is 11.8 Å². The fourth-order valence-electron chi connectivity index (χ4n) is 1.04. The van der Waals surface area contributed by atoms with Crippen LogP contribution in [0.2, 0.25) is 20.6 Å². The summed E-state index contributed by atoms with van der Waals surface area (Å²) in [6, 6.07) is 3.03. The second kappa shape index (κ2) is 5.75. The molecule has 0 saturated heterocycles. The summed E-state index contributed by atoms with van der Waals surface area (Å²) < 4.78 is 5.98. The Kier molecular flexibility index (Phi) is 4.50. The highest BCUT2D eigenvalue weighted by atomic mass is 79.9. The molecule has 0 N–H and O–H groups in total. The summed E-state index contributed by atoms with van der Waals surface area (Å²) in [6.07, 6.45) is 0. The fourth-order valence-corrected chi connectivity index (χ4v) is 2.21. The Morgan fingerprint density at radius 2 is 1.50 bits per heavy atom. The van der Waals surface area contributed by atoms with Crippen LogP contribution in [-0.4, -0.2) is 15.0 Å². The molecule has 2 aromatic rings. The monoisotopic (exact) mass is 387 g/mol. The average molecular weight is 390 g/mol. The Labute approximate surface area is 130 Å². The van der Waals surface area contributed by atoms with Crippen molar-refractivity contribution >= 4 is 62.3 Å². The zero-order chi connectivity index (χ0) is 13.3. The second-order valence-electron chi connectivity index (χ2n) is 2.95. The van der Waals surface area contributed by atoms with Gasteiger partial charge in [-0.25, -0.2) is 0 Å². The van der Waals surface area contributed by atoms with Crippen LogP contribution in [0.1, 0.15) is 0 Å². The van der Waals surface area contributed by atoms with Crippen LogP contribution in [0.4, 0.5) is 0 Å². The first kappa shape index (κ1) is 14.1. The van der Waals surface area contributed by atoms with Crippen LogP contribution >= 0.6 is 62.3 Å². The molecule has 9 heteroatoms. The van der Waals surface area contributed by atoms with E-state index in [2.05, 4.69) is 30.9 Å². The van der Waals surface area contributed by atoms with Crippen molar-refractivity contribution < 1.29 is 4.74 Å². The lowest BCUT2D eigenvalue weighted by Crippen LogP contribution is -1.95. The standard InChI is InChI=1S/C9H2BrCl4N3O/c10-3-1-5(12)6(2-4(3)11)18-9-16-7(13)15-8(14)17-9/h1-2H. The van der Waals surface area contributed by atoms with Crippen LogP contribution in [0.15, 0.2) is 16.6 Å². The molecule has 0 aliphatic heterocycles. The molecule has 1 heterocycles. The van der Waals surface area contributed by atoms with Crippen molar-refractivity contribution in [1.82, 2.24) is 15.0 Å². The molecule has 0 fully saturated rings. The van der Waals surface area contributed by atoms with Gasteiger partial charge in [-0.05, 0) is 45.2 Å². The smallest absolute Gasteiger partial charge is 0.327 e. The minimum Gasteiger partial charge on any atom is -0.423 e. The third-order valence-electron chi connectivity index (χ3n) is 1.74. The molecule has 0 amide bonds. The Morgan fingerprint density at radius 3 is 2.11 bits per heavy atom. The lowest BCUT2D eigenvalue weighted by Gasteiger charge is -2.07. The van der Waals surface area contributed by atoms with E-state index in [1.807, 2.05) is 0 Å². The van der Waals surface area contributed by atoms with Gasteiger partial charge in [0.1, 0.15) is 0 Å². The lowest BCUT2D eigenvalue weighted by molar-refractivity contribution is 0.439. The van der Waals surface area contributed by atoms with Gasteiger partial charge in [0.2, 0.25) is 10.6 Å². The Bertz CT molecular complexity index is 590. The number of hydrogen-bond acceptors (Lipinski definition) is 4. The highest BCUT2D eigenvalue weighted by Gasteiger charge is 2.11. The molecule has 0 spiro atoms. The SMILES string of the molecule is Clc1nc(Cl)nc(Oc2cc(Cl)c(Br)cc2Cl)n1. The van der Waals surface area contributed by atoms with Gasteiger partial charge in [-0.2, -0.15) is 15.0 Å². The molecule has 0 radical (unpaired) electrons. The molecule has 0 unspecified atom stereocenters. The highest BCUT2D eigenvalue weighted by Crippen LogP contribution is 2.35. The predicted molar refractivity (Wildman–Crippen MR) is 74.1 cm³/mol. The van der Waals surface area contributed by atoms with E-state index in [9.17, 15) is 0 Å². The van der Waals surface area contributed by atoms with Crippen molar-refractivity contribution in [2.45, 2.75) is 0 Å². The Balaban J connectivity index is 2.36. The minimum atomic E-state index is -0.0793. The molecule has 0 atom stereocenters. The van der Waals surface area contributed by atoms with Crippen LogP contribution in [0.25, 0.3) is 0 Å². The van der Waals surface area contributed by atoms with Crippen molar-refractivity contribution in [3.63, 3.8) is 0 Å². The maximum Gasteiger partial charge on any atom is 0.327 e. The number of nitrogens with zero attached hydrogens (tertiary/aromatic N) is 3. The summed E-state index contributed by atoms with van der Waals surface area (Å²) in [4.78, 5) is 11.1. The fraction of sp³-hybridized carbons (Fsp3) is 0. The van der Waals surface area contributed by atoms with Crippen molar-refractivity contribution in [3.05, 3.63) is 37.2 Å². The van der Waals surface area contributed by atoms with Gasteiger partial charge in [0.05, 0.1) is 10.0 Å². The first-order valence-electron chi connectivity index (χ1n) is 4.35. The quantitative estimate of drug-likeness (QED) is 0.675. The summed E-state index contributed by atoms with van der Waals surface area (Å²) in [5.74, 6) is 0.281. The van der Waals surface area contributed by atoms with E-state index in [-0.39, 0.29) is 22.3 Å². The van der Waals surface area contributed by atoms with Gasteiger partial charge in [-0.15, -0.1) is 0 Å². The summed E-state index contributed by atoms with van der Waals surface area (Å²) >= 11 is 26.4. The molecular weight excluding hydrogens is 388 g/mol. The third-order valence-corrected chi connectivity index (χ3v) is 3.57. The zero-order valence-electron chi connectivity index (χ0n) is 8.29. The normalized spacial score (nSPS) is 10.5. The number of halogens is 5. The second-order valence-corrected chi connectivity index (χ2v) is 5.30. The maximum absolute atomic E-state index is 5.98. The lowest BCUT2D eigenvalue weighted by atomic mass is 10.3. The van der Waals surface area contributed by atoms with Gasteiger partial charge < -0.3 is 4.74 Å². The molecule has 1 aromatic carbocycles. The van der Waals surface area contributed by atoms with E-state index in [0.29, 0.717) is 14.5 Å². The van der Waals surface area contributed by atoms with Crippen molar-refractivity contribution in [2.75, 3.05) is 0 Å². The van der Waals surface area contributed by atoms with Gasteiger partial charge in [-0.1, -0.05) is 23.2 Å². The van der Waals surface area contributed by atoms with Gasteiger partial charge >= 0.3 is 6.01 Å². The zero-order valence-corrected chi connectivity index (χ0v) is 12.9. The van der Waals surface area contributed by atoms with Gasteiger partial charge in [0.25, 0.3) is 0 Å².